The standard InChI is InChI=1S/C6H7N3O2S/c1-3-8-9-2-4(5(10)11)7-6(9)12-3/h2,6-7H,1H3,(H,10,11). The molecule has 0 spiro atoms. The number of carboxylic acids is 1. The van der Waals surface area contributed by atoms with Crippen LogP contribution in [0.4, 0.5) is 0 Å². The molecule has 64 valence electrons. The van der Waals surface area contributed by atoms with Crippen LogP contribution in [0.15, 0.2) is 17.0 Å². The molecule has 0 aliphatic carbocycles. The first kappa shape index (κ1) is 7.48. The minimum atomic E-state index is -0.946. The SMILES string of the molecule is CC1=NN2C=C(C(=O)O)NC2S1. The van der Waals surface area contributed by atoms with E-state index in [0.29, 0.717) is 0 Å². The Labute approximate surface area is 73.1 Å². The Hall–Kier alpha value is -1.17. The predicted octanol–water partition coefficient (Wildman–Crippen LogP) is 0.181. The highest BCUT2D eigenvalue weighted by Gasteiger charge is 2.32. The van der Waals surface area contributed by atoms with Crippen LogP contribution >= 0.6 is 11.8 Å². The van der Waals surface area contributed by atoms with Crippen molar-refractivity contribution in [3.8, 4) is 0 Å². The van der Waals surface area contributed by atoms with Crippen molar-refractivity contribution in [2.45, 2.75) is 12.4 Å². The van der Waals surface area contributed by atoms with Crippen molar-refractivity contribution in [2.75, 3.05) is 0 Å². The molecule has 0 aromatic rings. The third-order valence-electron chi connectivity index (χ3n) is 1.55. The Morgan fingerprint density at radius 1 is 1.92 bits per heavy atom. The van der Waals surface area contributed by atoms with Gasteiger partial charge < -0.3 is 10.4 Å². The molecule has 1 unspecified atom stereocenters. The van der Waals surface area contributed by atoms with Gasteiger partial charge in [-0.15, -0.1) is 0 Å². The van der Waals surface area contributed by atoms with E-state index in [2.05, 4.69) is 10.4 Å². The summed E-state index contributed by atoms with van der Waals surface area (Å²) >= 11 is 1.51. The van der Waals surface area contributed by atoms with Crippen LogP contribution in [0.5, 0.6) is 0 Å². The zero-order chi connectivity index (χ0) is 8.72. The first-order valence-corrected chi connectivity index (χ1v) is 4.26. The van der Waals surface area contributed by atoms with Gasteiger partial charge in [0.15, 0.2) is 5.50 Å². The molecule has 0 radical (unpaired) electrons. The molecule has 0 saturated carbocycles. The summed E-state index contributed by atoms with van der Waals surface area (Å²) in [7, 11) is 0. The number of carbonyl (C=O) groups is 1. The molecule has 2 N–H and O–H groups in total. The average Bonchev–Trinajstić information content (AvgIpc) is 2.42. The number of rotatable bonds is 1. The van der Waals surface area contributed by atoms with Gasteiger partial charge in [0.1, 0.15) is 5.70 Å². The summed E-state index contributed by atoms with van der Waals surface area (Å²) in [5, 5.41) is 18.1. The van der Waals surface area contributed by atoms with Crippen LogP contribution in [0, 0.1) is 0 Å². The topological polar surface area (TPSA) is 64.9 Å². The molecule has 1 atom stereocenters. The molecule has 2 aliphatic heterocycles. The van der Waals surface area contributed by atoms with Gasteiger partial charge in [0.2, 0.25) is 0 Å². The lowest BCUT2D eigenvalue weighted by molar-refractivity contribution is -0.133. The van der Waals surface area contributed by atoms with E-state index in [-0.39, 0.29) is 11.2 Å². The highest BCUT2D eigenvalue weighted by Crippen LogP contribution is 2.28. The second kappa shape index (κ2) is 2.41. The Morgan fingerprint density at radius 3 is 3.25 bits per heavy atom. The molecule has 6 heteroatoms. The van der Waals surface area contributed by atoms with E-state index in [1.54, 1.807) is 5.01 Å². The molecule has 5 nitrogen and oxygen atoms in total. The fourth-order valence-corrected chi connectivity index (χ4v) is 1.93. The summed E-state index contributed by atoms with van der Waals surface area (Å²) in [4.78, 5) is 10.5. The maximum Gasteiger partial charge on any atom is 0.353 e. The van der Waals surface area contributed by atoms with Crippen molar-refractivity contribution in [3.63, 3.8) is 0 Å². The Kier molecular flexibility index (Phi) is 1.50. The fraction of sp³-hybridized carbons (Fsp3) is 0.333. The summed E-state index contributed by atoms with van der Waals surface area (Å²) in [6, 6.07) is 0. The normalized spacial score (nSPS) is 26.1. The third kappa shape index (κ3) is 1.04. The molecule has 0 aromatic heterocycles. The number of hydrogen-bond acceptors (Lipinski definition) is 5. The van der Waals surface area contributed by atoms with E-state index in [0.717, 1.165) is 5.04 Å². The smallest absolute Gasteiger partial charge is 0.353 e. The van der Waals surface area contributed by atoms with Gasteiger partial charge >= 0.3 is 5.97 Å². The van der Waals surface area contributed by atoms with E-state index in [9.17, 15) is 4.79 Å². The molecule has 0 amide bonds. The molecule has 2 aliphatic rings. The van der Waals surface area contributed by atoms with Crippen LogP contribution in [0.1, 0.15) is 6.92 Å². The van der Waals surface area contributed by atoms with Crippen molar-refractivity contribution in [1.82, 2.24) is 10.3 Å². The number of hydrogen-bond donors (Lipinski definition) is 2. The minimum absolute atomic E-state index is 0.0592. The third-order valence-corrected chi connectivity index (χ3v) is 2.53. The molecule has 2 heterocycles. The number of nitrogens with zero attached hydrogens (tertiary/aromatic N) is 2. The van der Waals surface area contributed by atoms with E-state index in [1.165, 1.54) is 18.0 Å². The Bertz CT molecular complexity index is 299. The summed E-state index contributed by atoms with van der Waals surface area (Å²) in [5.74, 6) is -0.946. The number of nitrogens with one attached hydrogen (secondary N) is 1. The second-order valence-corrected chi connectivity index (χ2v) is 3.73. The average molecular weight is 185 g/mol. The predicted molar refractivity (Wildman–Crippen MR) is 45.2 cm³/mol. The molecule has 0 saturated heterocycles. The number of fused-ring (bicyclic) bond motifs is 1. The lowest BCUT2D eigenvalue weighted by atomic mass is 10.5. The number of hydrazone groups is 1. The molecule has 0 bridgehead atoms. The zero-order valence-corrected chi connectivity index (χ0v) is 7.13. The van der Waals surface area contributed by atoms with Crippen molar-refractivity contribution in [2.24, 2.45) is 5.10 Å². The van der Waals surface area contributed by atoms with E-state index in [1.807, 2.05) is 6.92 Å². The van der Waals surface area contributed by atoms with Crippen molar-refractivity contribution in [1.29, 1.82) is 0 Å². The van der Waals surface area contributed by atoms with Crippen LogP contribution < -0.4 is 5.32 Å². The maximum atomic E-state index is 10.5. The maximum absolute atomic E-state index is 10.5. The van der Waals surface area contributed by atoms with Gasteiger partial charge in [0, 0.05) is 0 Å². The molecule has 12 heavy (non-hydrogen) atoms. The van der Waals surface area contributed by atoms with Gasteiger partial charge in [-0.2, -0.15) is 5.10 Å². The lowest BCUT2D eigenvalue weighted by Gasteiger charge is -2.10. The summed E-state index contributed by atoms with van der Waals surface area (Å²) in [5.41, 5.74) is 0.139. The molecule has 0 fully saturated rings. The van der Waals surface area contributed by atoms with Gasteiger partial charge in [-0.25, -0.2) is 9.80 Å². The zero-order valence-electron chi connectivity index (χ0n) is 6.31. The van der Waals surface area contributed by atoms with Crippen LogP contribution in [0.25, 0.3) is 0 Å². The van der Waals surface area contributed by atoms with E-state index in [4.69, 9.17) is 5.11 Å². The molecular formula is C6H7N3O2S. The largest absolute Gasteiger partial charge is 0.477 e. The number of thioether (sulfide) groups is 1. The second-order valence-electron chi connectivity index (χ2n) is 2.46. The highest BCUT2D eigenvalue weighted by molar-refractivity contribution is 8.14. The van der Waals surface area contributed by atoms with Gasteiger partial charge in [-0.1, -0.05) is 11.8 Å². The Balaban J connectivity index is 2.19. The van der Waals surface area contributed by atoms with Gasteiger partial charge in [-0.3, -0.25) is 0 Å². The fourth-order valence-electron chi connectivity index (χ4n) is 1.07. The highest BCUT2D eigenvalue weighted by atomic mass is 32.2. The van der Waals surface area contributed by atoms with Gasteiger partial charge in [0.25, 0.3) is 0 Å². The van der Waals surface area contributed by atoms with Crippen molar-refractivity contribution < 1.29 is 9.90 Å². The van der Waals surface area contributed by atoms with Crippen molar-refractivity contribution >= 4 is 22.8 Å². The number of carboxylic acid groups (broad SMARTS) is 1. The minimum Gasteiger partial charge on any atom is -0.477 e. The first-order chi connectivity index (χ1) is 5.66. The van der Waals surface area contributed by atoms with Crippen LogP contribution in [-0.2, 0) is 4.79 Å². The van der Waals surface area contributed by atoms with Crippen molar-refractivity contribution in [3.05, 3.63) is 11.9 Å². The van der Waals surface area contributed by atoms with E-state index >= 15 is 0 Å². The van der Waals surface area contributed by atoms with Crippen LogP contribution in [0.2, 0.25) is 0 Å². The van der Waals surface area contributed by atoms with Gasteiger partial charge in [-0.05, 0) is 6.92 Å². The summed E-state index contributed by atoms with van der Waals surface area (Å²) < 4.78 is 0. The Morgan fingerprint density at radius 2 is 2.67 bits per heavy atom. The first-order valence-electron chi connectivity index (χ1n) is 3.38. The van der Waals surface area contributed by atoms with E-state index < -0.39 is 5.97 Å². The molecule has 2 rings (SSSR count). The summed E-state index contributed by atoms with van der Waals surface area (Å²) in [6.07, 6.45) is 1.50. The quantitative estimate of drug-likeness (QED) is 0.610. The van der Waals surface area contributed by atoms with Crippen LogP contribution in [0.3, 0.4) is 0 Å². The van der Waals surface area contributed by atoms with Gasteiger partial charge in [0.05, 0.1) is 11.2 Å². The monoisotopic (exact) mass is 185 g/mol. The van der Waals surface area contributed by atoms with Crippen LogP contribution in [-0.4, -0.2) is 26.6 Å². The molecular weight excluding hydrogens is 178 g/mol. The molecule has 0 aromatic carbocycles. The lowest BCUT2D eigenvalue weighted by Crippen LogP contribution is -2.28. The number of aliphatic carboxylic acids is 1. The summed E-state index contributed by atoms with van der Waals surface area (Å²) in [6.45, 7) is 1.89.